The third kappa shape index (κ3) is 4.39. The molecule has 0 aliphatic carbocycles. The second kappa shape index (κ2) is 8.52. The molecule has 0 N–H and O–H groups in total. The first-order valence-electron chi connectivity index (χ1n) is 9.76. The Morgan fingerprint density at radius 2 is 1.84 bits per heavy atom. The zero-order valence-electron chi connectivity index (χ0n) is 16.7. The van der Waals surface area contributed by atoms with Crippen LogP contribution in [0.4, 0.5) is 4.39 Å². The summed E-state index contributed by atoms with van der Waals surface area (Å²) in [7, 11) is 0. The average Bonchev–Trinajstić information content (AvgIpc) is 3.27. The van der Waals surface area contributed by atoms with E-state index in [1.807, 2.05) is 30.3 Å². The van der Waals surface area contributed by atoms with Crippen molar-refractivity contribution in [2.45, 2.75) is 12.2 Å². The summed E-state index contributed by atoms with van der Waals surface area (Å²) in [6, 6.07) is 12.8. The minimum atomic E-state index is -1.48. The number of rotatable bonds is 7. The summed E-state index contributed by atoms with van der Waals surface area (Å²) in [4.78, 5) is 20.5. The summed E-state index contributed by atoms with van der Waals surface area (Å²) in [5.74, 6) is 0. The van der Waals surface area contributed by atoms with Gasteiger partial charge in [0, 0.05) is 29.6 Å². The van der Waals surface area contributed by atoms with Crippen molar-refractivity contribution in [3.8, 4) is 27.8 Å². The van der Waals surface area contributed by atoms with Crippen molar-refractivity contribution in [1.29, 1.82) is 0 Å². The van der Waals surface area contributed by atoms with Gasteiger partial charge in [0.05, 0.1) is 25.5 Å². The molecular formula is C21H17FN6O3S. The lowest BCUT2D eigenvalue weighted by molar-refractivity contribution is -0.147. The van der Waals surface area contributed by atoms with E-state index in [1.165, 1.54) is 34.5 Å². The van der Waals surface area contributed by atoms with Crippen LogP contribution in [0.15, 0.2) is 59.7 Å². The summed E-state index contributed by atoms with van der Waals surface area (Å²) in [6.07, 6.45) is 3.03. The van der Waals surface area contributed by atoms with Crippen molar-refractivity contribution in [3.63, 3.8) is 0 Å². The van der Waals surface area contributed by atoms with Crippen molar-refractivity contribution in [2.75, 3.05) is 19.8 Å². The van der Waals surface area contributed by atoms with Gasteiger partial charge in [-0.25, -0.2) is 19.0 Å². The van der Waals surface area contributed by atoms with Crippen LogP contribution in [-0.4, -0.2) is 55.4 Å². The maximum absolute atomic E-state index is 13.9. The molecular weight excluding hydrogens is 435 g/mol. The Bertz CT molecular complexity index is 1270. The van der Waals surface area contributed by atoms with Gasteiger partial charge in [-0.3, -0.25) is 4.79 Å². The van der Waals surface area contributed by atoms with E-state index < -0.39 is 5.67 Å². The number of hydrogen-bond donors (Lipinski definition) is 0. The maximum Gasteiger partial charge on any atom is 0.316 e. The molecule has 3 aromatic heterocycles. The Hall–Kier alpha value is -3.57. The molecule has 5 rings (SSSR count). The Balaban J connectivity index is 1.30. The van der Waals surface area contributed by atoms with E-state index in [4.69, 9.17) is 9.47 Å². The van der Waals surface area contributed by atoms with Gasteiger partial charge in [0.25, 0.3) is 5.56 Å². The number of alkyl halides is 1. The lowest BCUT2D eigenvalue weighted by atomic mass is 10.1. The van der Waals surface area contributed by atoms with Gasteiger partial charge < -0.3 is 9.47 Å². The number of aromatic nitrogens is 6. The number of ether oxygens (including phenoxy) is 2. The van der Waals surface area contributed by atoms with Crippen molar-refractivity contribution in [3.05, 3.63) is 70.2 Å². The quantitative estimate of drug-likeness (QED) is 0.421. The molecule has 0 amide bonds. The molecule has 1 aliphatic heterocycles. The van der Waals surface area contributed by atoms with E-state index in [9.17, 15) is 9.18 Å². The molecule has 1 aliphatic rings. The molecule has 1 aromatic carbocycles. The Labute approximate surface area is 185 Å². The van der Waals surface area contributed by atoms with Gasteiger partial charge in [0.2, 0.25) is 0 Å². The van der Waals surface area contributed by atoms with Crippen LogP contribution in [0.1, 0.15) is 5.01 Å². The zero-order valence-corrected chi connectivity index (χ0v) is 17.5. The van der Waals surface area contributed by atoms with E-state index in [0.717, 1.165) is 10.6 Å². The van der Waals surface area contributed by atoms with Gasteiger partial charge in [-0.05, 0) is 6.07 Å². The van der Waals surface area contributed by atoms with Crippen LogP contribution < -0.4 is 10.3 Å². The van der Waals surface area contributed by atoms with Gasteiger partial charge in [-0.2, -0.15) is 5.10 Å². The fourth-order valence-electron chi connectivity index (χ4n) is 2.98. The predicted molar refractivity (Wildman–Crippen MR) is 114 cm³/mol. The number of nitrogens with zero attached hydrogens (tertiary/aromatic N) is 6. The first-order valence-corrected chi connectivity index (χ1v) is 10.6. The van der Waals surface area contributed by atoms with Crippen LogP contribution in [0, 0.1) is 0 Å². The molecule has 0 radical (unpaired) electrons. The molecule has 1 saturated heterocycles. The van der Waals surface area contributed by atoms with Crippen molar-refractivity contribution in [2.24, 2.45) is 0 Å². The van der Waals surface area contributed by atoms with Gasteiger partial charge in [-0.1, -0.05) is 41.7 Å². The summed E-state index contributed by atoms with van der Waals surface area (Å²) >= 11 is 1.40. The van der Waals surface area contributed by atoms with Crippen LogP contribution in [0.25, 0.3) is 21.8 Å². The van der Waals surface area contributed by atoms with Crippen molar-refractivity contribution >= 4 is 11.3 Å². The fraction of sp³-hybridized carbons (Fsp3) is 0.238. The highest BCUT2D eigenvalue weighted by Gasteiger charge is 2.40. The van der Waals surface area contributed by atoms with Crippen molar-refractivity contribution < 1.29 is 13.9 Å². The molecule has 11 heteroatoms. The third-order valence-electron chi connectivity index (χ3n) is 4.74. The second-order valence-corrected chi connectivity index (χ2v) is 8.33. The lowest BCUT2D eigenvalue weighted by Crippen LogP contribution is -2.50. The standard InChI is InChI=1S/C21H17FN6O3S/c22-21(11-30-12-21)13-31-20-23-8-15(9-24-20)16-6-7-18(29)28(27-16)10-17-25-26-19(32-17)14-4-2-1-3-5-14/h1-9H,10-13H2. The first kappa shape index (κ1) is 20.3. The summed E-state index contributed by atoms with van der Waals surface area (Å²) < 4.78 is 25.4. The first-order chi connectivity index (χ1) is 15.6. The maximum atomic E-state index is 13.9. The smallest absolute Gasteiger partial charge is 0.316 e. The van der Waals surface area contributed by atoms with Crippen molar-refractivity contribution in [1.82, 2.24) is 29.9 Å². The van der Waals surface area contributed by atoms with Crippen LogP contribution in [-0.2, 0) is 11.3 Å². The molecule has 32 heavy (non-hydrogen) atoms. The number of halogens is 1. The van der Waals surface area contributed by atoms with E-state index in [0.29, 0.717) is 16.3 Å². The molecule has 0 saturated carbocycles. The monoisotopic (exact) mass is 452 g/mol. The molecule has 4 heterocycles. The second-order valence-electron chi connectivity index (χ2n) is 7.27. The van der Waals surface area contributed by atoms with E-state index in [2.05, 4.69) is 25.3 Å². The van der Waals surface area contributed by atoms with Gasteiger partial charge in [0.1, 0.15) is 16.6 Å². The zero-order chi connectivity index (χ0) is 22.0. The number of benzene rings is 1. The lowest BCUT2D eigenvalue weighted by Gasteiger charge is -2.32. The highest BCUT2D eigenvalue weighted by molar-refractivity contribution is 7.14. The minimum absolute atomic E-state index is 0.0119. The van der Waals surface area contributed by atoms with E-state index >= 15 is 0 Å². The average molecular weight is 452 g/mol. The highest BCUT2D eigenvalue weighted by Crippen LogP contribution is 2.24. The predicted octanol–water partition coefficient (Wildman–Crippen LogP) is 2.38. The Morgan fingerprint density at radius 1 is 1.06 bits per heavy atom. The topological polar surface area (TPSA) is 105 Å². The molecule has 0 atom stereocenters. The highest BCUT2D eigenvalue weighted by atomic mass is 32.1. The van der Waals surface area contributed by atoms with Gasteiger partial charge in [0.15, 0.2) is 5.67 Å². The third-order valence-corrected chi connectivity index (χ3v) is 5.70. The largest absolute Gasteiger partial charge is 0.460 e. The molecule has 1 fully saturated rings. The summed E-state index contributed by atoms with van der Waals surface area (Å²) in [6.45, 7) is 0.0538. The molecule has 0 bridgehead atoms. The van der Waals surface area contributed by atoms with Gasteiger partial charge >= 0.3 is 6.01 Å². The van der Waals surface area contributed by atoms with E-state index in [-0.39, 0.29) is 37.9 Å². The summed E-state index contributed by atoms with van der Waals surface area (Å²) in [5, 5.41) is 14.2. The fourth-order valence-corrected chi connectivity index (χ4v) is 3.81. The Morgan fingerprint density at radius 3 is 2.56 bits per heavy atom. The van der Waals surface area contributed by atoms with Gasteiger partial charge in [-0.15, -0.1) is 10.2 Å². The molecule has 9 nitrogen and oxygen atoms in total. The van der Waals surface area contributed by atoms with E-state index in [1.54, 1.807) is 6.07 Å². The molecule has 162 valence electrons. The summed E-state index contributed by atoms with van der Waals surface area (Å²) in [5.41, 5.74) is 0.327. The Kier molecular flexibility index (Phi) is 5.41. The van der Waals surface area contributed by atoms with Crippen LogP contribution >= 0.6 is 11.3 Å². The minimum Gasteiger partial charge on any atom is -0.460 e. The molecule has 0 spiro atoms. The molecule has 0 unspecified atom stereocenters. The normalized spacial score (nSPS) is 14.7. The van der Waals surface area contributed by atoms with Crippen LogP contribution in [0.3, 0.4) is 0 Å². The molecule has 4 aromatic rings. The van der Waals surface area contributed by atoms with Crippen LogP contribution in [0.2, 0.25) is 0 Å². The number of hydrogen-bond acceptors (Lipinski definition) is 9. The SMILES string of the molecule is O=c1ccc(-c2cnc(OCC3(F)COC3)nc2)nn1Cc1nnc(-c2ccccc2)s1. The van der Waals surface area contributed by atoms with Crippen LogP contribution in [0.5, 0.6) is 6.01 Å².